The van der Waals surface area contributed by atoms with Crippen molar-refractivity contribution >= 4 is 22.4 Å². The molecule has 1 aliphatic heterocycles. The molecule has 146 valence electrons. The molecule has 0 amide bonds. The number of aromatic nitrogens is 1. The smallest absolute Gasteiger partial charge is 0.313 e. The van der Waals surface area contributed by atoms with Gasteiger partial charge < -0.3 is 9.64 Å². The lowest BCUT2D eigenvalue weighted by Crippen LogP contribution is -2.49. The van der Waals surface area contributed by atoms with Gasteiger partial charge in [-0.25, -0.2) is 4.98 Å². The molecule has 1 fully saturated rings. The van der Waals surface area contributed by atoms with Crippen LogP contribution < -0.4 is 4.90 Å². The van der Waals surface area contributed by atoms with Crippen molar-refractivity contribution in [1.29, 1.82) is 0 Å². The van der Waals surface area contributed by atoms with E-state index in [1.165, 1.54) is 10.4 Å². The number of rotatable bonds is 7. The molecule has 5 nitrogen and oxygen atoms in total. The number of ether oxygens (including phenoxy) is 1. The van der Waals surface area contributed by atoms with Crippen LogP contribution in [0.2, 0.25) is 0 Å². The van der Waals surface area contributed by atoms with E-state index < -0.39 is 5.41 Å². The molecule has 2 aromatic rings. The van der Waals surface area contributed by atoms with Crippen LogP contribution in [-0.2, 0) is 22.5 Å². The first-order valence-electron chi connectivity index (χ1n) is 9.58. The first-order valence-corrected chi connectivity index (χ1v) is 10.4. The Kier molecular flexibility index (Phi) is 6.50. The van der Waals surface area contributed by atoms with E-state index in [0.29, 0.717) is 6.61 Å². The van der Waals surface area contributed by atoms with Crippen molar-refractivity contribution in [1.82, 2.24) is 9.88 Å². The Morgan fingerprint density at radius 3 is 2.78 bits per heavy atom. The van der Waals surface area contributed by atoms with Gasteiger partial charge >= 0.3 is 5.97 Å². The standard InChI is InChI=1S/C21H29N3O2S/c1-4-26-19(25)21(13-17-9-6-5-7-10-17)11-8-12-24(16-21)15-18-14-22-20(27-18)23(2)3/h5-7,9-10,14H,4,8,11-13,15-16H2,1-3H3/t21-/m0/s1. The largest absolute Gasteiger partial charge is 0.466 e. The molecule has 1 aromatic carbocycles. The van der Waals surface area contributed by atoms with Crippen molar-refractivity contribution in [2.45, 2.75) is 32.7 Å². The number of anilines is 1. The van der Waals surface area contributed by atoms with Crippen LogP contribution in [0.15, 0.2) is 36.5 Å². The molecule has 1 aromatic heterocycles. The fraction of sp³-hybridized carbons (Fsp3) is 0.524. The Morgan fingerprint density at radius 1 is 1.33 bits per heavy atom. The molecular weight excluding hydrogens is 358 g/mol. The van der Waals surface area contributed by atoms with Gasteiger partial charge in [-0.05, 0) is 38.3 Å². The highest BCUT2D eigenvalue weighted by atomic mass is 32.1. The predicted octanol–water partition coefficient (Wildman–Crippen LogP) is 3.60. The molecule has 27 heavy (non-hydrogen) atoms. The number of hydrogen-bond donors (Lipinski definition) is 0. The summed E-state index contributed by atoms with van der Waals surface area (Å²) in [7, 11) is 4.02. The van der Waals surface area contributed by atoms with E-state index in [2.05, 4.69) is 22.0 Å². The van der Waals surface area contributed by atoms with Crippen molar-refractivity contribution in [2.75, 3.05) is 38.7 Å². The molecule has 1 atom stereocenters. The highest BCUT2D eigenvalue weighted by molar-refractivity contribution is 7.15. The molecule has 0 radical (unpaired) electrons. The van der Waals surface area contributed by atoms with Crippen LogP contribution in [0.5, 0.6) is 0 Å². The second-order valence-corrected chi connectivity index (χ2v) is 8.57. The Bertz CT molecular complexity index is 747. The van der Waals surface area contributed by atoms with E-state index in [0.717, 1.165) is 44.0 Å². The van der Waals surface area contributed by atoms with Gasteiger partial charge in [0.25, 0.3) is 0 Å². The summed E-state index contributed by atoms with van der Waals surface area (Å²) in [5, 5.41) is 1.02. The summed E-state index contributed by atoms with van der Waals surface area (Å²) in [4.78, 5) is 23.1. The molecular formula is C21H29N3O2S. The van der Waals surface area contributed by atoms with E-state index in [4.69, 9.17) is 4.74 Å². The van der Waals surface area contributed by atoms with Crippen molar-refractivity contribution in [3.8, 4) is 0 Å². The fourth-order valence-corrected chi connectivity index (χ4v) is 4.69. The molecule has 0 aliphatic carbocycles. The average molecular weight is 388 g/mol. The van der Waals surface area contributed by atoms with E-state index >= 15 is 0 Å². The SMILES string of the molecule is CCOC(=O)[C@]1(Cc2ccccc2)CCCN(Cc2cnc(N(C)C)s2)C1. The third-order valence-corrected chi connectivity index (χ3v) is 6.20. The second-order valence-electron chi connectivity index (χ2n) is 7.48. The van der Waals surface area contributed by atoms with Gasteiger partial charge in [0.1, 0.15) is 0 Å². The molecule has 0 bridgehead atoms. The quantitative estimate of drug-likeness (QED) is 0.680. The minimum absolute atomic E-state index is 0.0585. The van der Waals surface area contributed by atoms with Crippen LogP contribution in [0.3, 0.4) is 0 Å². The highest BCUT2D eigenvalue weighted by Crippen LogP contribution is 2.36. The van der Waals surface area contributed by atoms with Gasteiger partial charge in [-0.2, -0.15) is 0 Å². The molecule has 0 unspecified atom stereocenters. The van der Waals surface area contributed by atoms with Crippen LogP contribution in [0.25, 0.3) is 0 Å². The topological polar surface area (TPSA) is 45.7 Å². The van der Waals surface area contributed by atoms with Crippen LogP contribution >= 0.6 is 11.3 Å². The summed E-state index contributed by atoms with van der Waals surface area (Å²) in [6, 6.07) is 10.3. The Morgan fingerprint density at radius 2 is 2.11 bits per heavy atom. The van der Waals surface area contributed by atoms with E-state index in [1.807, 2.05) is 50.3 Å². The highest BCUT2D eigenvalue weighted by Gasteiger charge is 2.43. The van der Waals surface area contributed by atoms with Gasteiger partial charge in [0, 0.05) is 38.3 Å². The van der Waals surface area contributed by atoms with Crippen LogP contribution in [0.1, 0.15) is 30.2 Å². The molecule has 2 heterocycles. The third-order valence-electron chi connectivity index (χ3n) is 5.05. The van der Waals surface area contributed by atoms with E-state index in [9.17, 15) is 4.79 Å². The molecule has 1 saturated heterocycles. The zero-order valence-corrected chi connectivity index (χ0v) is 17.3. The molecule has 0 saturated carbocycles. The predicted molar refractivity (Wildman–Crippen MR) is 110 cm³/mol. The molecule has 6 heteroatoms. The molecule has 3 rings (SSSR count). The lowest BCUT2D eigenvalue weighted by atomic mass is 9.75. The summed E-state index contributed by atoms with van der Waals surface area (Å²) in [6.07, 6.45) is 4.57. The maximum absolute atomic E-state index is 13.0. The molecule has 1 aliphatic rings. The molecule has 0 spiro atoms. The maximum atomic E-state index is 13.0. The van der Waals surface area contributed by atoms with E-state index in [-0.39, 0.29) is 5.97 Å². The van der Waals surface area contributed by atoms with Gasteiger partial charge in [0.2, 0.25) is 0 Å². The van der Waals surface area contributed by atoms with Gasteiger partial charge in [0.15, 0.2) is 5.13 Å². The number of nitrogens with zero attached hydrogens (tertiary/aromatic N) is 3. The van der Waals surface area contributed by atoms with Crippen molar-refractivity contribution < 1.29 is 9.53 Å². The second kappa shape index (κ2) is 8.85. The number of thiazole rings is 1. The van der Waals surface area contributed by atoms with Crippen LogP contribution in [0.4, 0.5) is 5.13 Å². The number of esters is 1. The van der Waals surface area contributed by atoms with Crippen LogP contribution in [0, 0.1) is 5.41 Å². The average Bonchev–Trinajstić information content (AvgIpc) is 3.12. The number of likely N-dealkylation sites (tertiary alicyclic amines) is 1. The van der Waals surface area contributed by atoms with Gasteiger partial charge in [-0.15, -0.1) is 11.3 Å². The zero-order valence-electron chi connectivity index (χ0n) is 16.5. The number of carbonyl (C=O) groups excluding carboxylic acids is 1. The van der Waals surface area contributed by atoms with E-state index in [1.54, 1.807) is 11.3 Å². The number of hydrogen-bond acceptors (Lipinski definition) is 6. The minimum atomic E-state index is -0.468. The van der Waals surface area contributed by atoms with Gasteiger partial charge in [-0.1, -0.05) is 30.3 Å². The first-order chi connectivity index (χ1) is 13.0. The van der Waals surface area contributed by atoms with Crippen molar-refractivity contribution in [3.63, 3.8) is 0 Å². The van der Waals surface area contributed by atoms with Crippen LogP contribution in [-0.4, -0.2) is 49.6 Å². The van der Waals surface area contributed by atoms with Crippen molar-refractivity contribution in [3.05, 3.63) is 47.0 Å². The first kappa shape index (κ1) is 19.8. The normalized spacial score (nSPS) is 20.4. The summed E-state index contributed by atoms with van der Waals surface area (Å²) in [6.45, 7) is 4.88. The summed E-state index contributed by atoms with van der Waals surface area (Å²) < 4.78 is 5.51. The monoisotopic (exact) mass is 387 g/mol. The van der Waals surface area contributed by atoms with Gasteiger partial charge in [0.05, 0.1) is 12.0 Å². The van der Waals surface area contributed by atoms with Gasteiger partial charge in [-0.3, -0.25) is 9.69 Å². The maximum Gasteiger partial charge on any atom is 0.313 e. The Balaban J connectivity index is 1.77. The fourth-order valence-electron chi connectivity index (χ4n) is 3.81. The van der Waals surface area contributed by atoms with Crippen molar-refractivity contribution in [2.24, 2.45) is 5.41 Å². The Hall–Kier alpha value is -1.92. The number of benzene rings is 1. The Labute approximate surface area is 166 Å². The zero-order chi connectivity index (χ0) is 19.3. The number of piperidine rings is 1. The molecule has 0 N–H and O–H groups in total. The lowest BCUT2D eigenvalue weighted by molar-refractivity contribution is -0.159. The summed E-state index contributed by atoms with van der Waals surface area (Å²) in [5.74, 6) is -0.0585. The lowest BCUT2D eigenvalue weighted by Gasteiger charge is -2.41. The summed E-state index contributed by atoms with van der Waals surface area (Å²) in [5.41, 5.74) is 0.727. The third kappa shape index (κ3) is 4.87. The minimum Gasteiger partial charge on any atom is -0.466 e. The summed E-state index contributed by atoms with van der Waals surface area (Å²) >= 11 is 1.71. The number of carbonyl (C=O) groups is 1.